The Bertz CT molecular complexity index is 877. The molecule has 0 spiro atoms. The van der Waals surface area contributed by atoms with Crippen LogP contribution >= 0.6 is 0 Å². The summed E-state index contributed by atoms with van der Waals surface area (Å²) < 4.78 is 0. The van der Waals surface area contributed by atoms with E-state index in [9.17, 15) is 4.79 Å². The number of carbonyl (C=O) groups excluding carboxylic acids is 1. The number of pyridine rings is 1. The highest BCUT2D eigenvalue weighted by atomic mass is 16.1. The van der Waals surface area contributed by atoms with Crippen LogP contribution in [0.5, 0.6) is 0 Å². The molecule has 0 radical (unpaired) electrons. The monoisotopic (exact) mass is 376 g/mol. The van der Waals surface area contributed by atoms with Crippen molar-refractivity contribution in [1.29, 1.82) is 0 Å². The Balaban J connectivity index is 1.57. The van der Waals surface area contributed by atoms with Crippen LogP contribution < -0.4 is 15.5 Å². The molecule has 2 heterocycles. The molecule has 0 aliphatic carbocycles. The fraction of sp³-hybridized carbons (Fsp3) is 0.238. The third kappa shape index (κ3) is 5.03. The lowest BCUT2D eigenvalue weighted by Crippen LogP contribution is -2.24. The Labute approximate surface area is 164 Å². The predicted octanol–water partition coefficient (Wildman–Crippen LogP) is 3.39. The number of amides is 1. The van der Waals surface area contributed by atoms with Crippen LogP contribution in [0.4, 0.5) is 17.2 Å². The Kier molecular flexibility index (Phi) is 6.51. The molecule has 0 fully saturated rings. The van der Waals surface area contributed by atoms with Crippen LogP contribution in [0.15, 0.2) is 61.2 Å². The maximum absolute atomic E-state index is 12.2. The molecule has 0 saturated heterocycles. The van der Waals surface area contributed by atoms with Crippen LogP contribution in [0.3, 0.4) is 0 Å². The van der Waals surface area contributed by atoms with E-state index in [0.29, 0.717) is 12.4 Å². The number of hydrogen-bond donors (Lipinski definition) is 2. The van der Waals surface area contributed by atoms with Crippen LogP contribution in [0.25, 0.3) is 0 Å². The first-order valence-electron chi connectivity index (χ1n) is 9.30. The van der Waals surface area contributed by atoms with Gasteiger partial charge in [0.25, 0.3) is 5.91 Å². The molecule has 28 heavy (non-hydrogen) atoms. The highest BCUT2D eigenvalue weighted by molar-refractivity contribution is 5.92. The molecule has 0 bridgehead atoms. The number of nitrogens with zero attached hydrogens (tertiary/aromatic N) is 4. The van der Waals surface area contributed by atoms with Crippen LogP contribution in [-0.4, -0.2) is 33.9 Å². The largest absolute Gasteiger partial charge is 0.372 e. The first-order chi connectivity index (χ1) is 13.7. The van der Waals surface area contributed by atoms with Crippen molar-refractivity contribution in [2.75, 3.05) is 23.3 Å². The summed E-state index contributed by atoms with van der Waals surface area (Å²) in [6, 6.07) is 11.9. The minimum atomic E-state index is -0.272. The molecule has 1 amide bonds. The summed E-state index contributed by atoms with van der Waals surface area (Å²) in [5.74, 6) is 0.311. The SMILES string of the molecule is CCN(CC)c1ccc(Nc2cnc(C(=O)NCc3cccnc3)cn2)cc1. The van der Waals surface area contributed by atoms with Gasteiger partial charge >= 0.3 is 0 Å². The number of carbonyl (C=O) groups is 1. The summed E-state index contributed by atoms with van der Waals surface area (Å²) in [6.45, 7) is 6.62. The molecule has 0 saturated carbocycles. The molecule has 7 nitrogen and oxygen atoms in total. The fourth-order valence-corrected chi connectivity index (χ4v) is 2.78. The first-order valence-corrected chi connectivity index (χ1v) is 9.30. The number of aromatic nitrogens is 3. The quantitative estimate of drug-likeness (QED) is 0.627. The molecule has 1 aromatic carbocycles. The molecular weight excluding hydrogens is 352 g/mol. The van der Waals surface area contributed by atoms with Gasteiger partial charge in [0.1, 0.15) is 11.5 Å². The van der Waals surface area contributed by atoms with Crippen molar-refractivity contribution in [2.45, 2.75) is 20.4 Å². The molecule has 0 aliphatic heterocycles. The summed E-state index contributed by atoms with van der Waals surface area (Å²) in [6.07, 6.45) is 6.42. The molecule has 144 valence electrons. The summed E-state index contributed by atoms with van der Waals surface area (Å²) >= 11 is 0. The van der Waals surface area contributed by atoms with Crippen molar-refractivity contribution in [1.82, 2.24) is 20.3 Å². The fourth-order valence-electron chi connectivity index (χ4n) is 2.78. The Morgan fingerprint density at radius 3 is 2.39 bits per heavy atom. The molecule has 2 aromatic heterocycles. The third-order valence-electron chi connectivity index (χ3n) is 4.33. The Morgan fingerprint density at radius 2 is 1.79 bits per heavy atom. The van der Waals surface area contributed by atoms with Crippen LogP contribution in [0.1, 0.15) is 29.9 Å². The maximum Gasteiger partial charge on any atom is 0.271 e. The number of hydrogen-bond acceptors (Lipinski definition) is 6. The molecule has 2 N–H and O–H groups in total. The highest BCUT2D eigenvalue weighted by Crippen LogP contribution is 2.20. The zero-order chi connectivity index (χ0) is 19.8. The average Bonchev–Trinajstić information content (AvgIpc) is 2.75. The van der Waals surface area contributed by atoms with E-state index in [2.05, 4.69) is 56.5 Å². The number of benzene rings is 1. The summed E-state index contributed by atoms with van der Waals surface area (Å²) in [7, 11) is 0. The number of rotatable bonds is 8. The van der Waals surface area contributed by atoms with Gasteiger partial charge in [-0.05, 0) is 49.7 Å². The molecule has 0 atom stereocenters. The second kappa shape index (κ2) is 9.45. The van der Waals surface area contributed by atoms with E-state index in [1.165, 1.54) is 11.9 Å². The van der Waals surface area contributed by atoms with Gasteiger partial charge in [-0.2, -0.15) is 0 Å². The van der Waals surface area contributed by atoms with Crippen LogP contribution in [-0.2, 0) is 6.54 Å². The van der Waals surface area contributed by atoms with Crippen molar-refractivity contribution < 1.29 is 4.79 Å². The van der Waals surface area contributed by atoms with Gasteiger partial charge in [-0.15, -0.1) is 0 Å². The lowest BCUT2D eigenvalue weighted by molar-refractivity contribution is 0.0945. The van der Waals surface area contributed by atoms with Crippen LogP contribution in [0.2, 0.25) is 0 Å². The average molecular weight is 376 g/mol. The Morgan fingerprint density at radius 1 is 1.00 bits per heavy atom. The van der Waals surface area contributed by atoms with Gasteiger partial charge in [0, 0.05) is 43.4 Å². The van der Waals surface area contributed by atoms with Gasteiger partial charge in [-0.25, -0.2) is 9.97 Å². The number of nitrogens with one attached hydrogen (secondary N) is 2. The van der Waals surface area contributed by atoms with Crippen molar-refractivity contribution in [3.63, 3.8) is 0 Å². The molecule has 7 heteroatoms. The van der Waals surface area contributed by atoms with E-state index in [0.717, 1.165) is 24.3 Å². The summed E-state index contributed by atoms with van der Waals surface area (Å²) in [4.78, 5) is 27.0. The van der Waals surface area contributed by atoms with Gasteiger partial charge in [-0.3, -0.25) is 9.78 Å². The summed E-state index contributed by atoms with van der Waals surface area (Å²) in [5, 5.41) is 6.00. The molecule has 0 unspecified atom stereocenters. The van der Waals surface area contributed by atoms with Crippen LogP contribution in [0, 0.1) is 0 Å². The zero-order valence-corrected chi connectivity index (χ0v) is 16.1. The second-order valence-corrected chi connectivity index (χ2v) is 6.17. The van der Waals surface area contributed by atoms with E-state index >= 15 is 0 Å². The predicted molar refractivity (Wildman–Crippen MR) is 111 cm³/mol. The summed E-state index contributed by atoms with van der Waals surface area (Å²) in [5.41, 5.74) is 3.29. The van der Waals surface area contributed by atoms with Crippen molar-refractivity contribution >= 4 is 23.1 Å². The molecule has 3 rings (SSSR count). The van der Waals surface area contributed by atoms with E-state index in [-0.39, 0.29) is 11.6 Å². The number of anilines is 3. The van der Waals surface area contributed by atoms with Gasteiger partial charge in [0.15, 0.2) is 0 Å². The zero-order valence-electron chi connectivity index (χ0n) is 16.1. The molecular formula is C21H24N6O. The van der Waals surface area contributed by atoms with Gasteiger partial charge in [0.05, 0.1) is 12.4 Å². The Hall–Kier alpha value is -3.48. The van der Waals surface area contributed by atoms with E-state index in [1.807, 2.05) is 24.3 Å². The normalized spacial score (nSPS) is 10.4. The third-order valence-corrected chi connectivity index (χ3v) is 4.33. The van der Waals surface area contributed by atoms with E-state index in [4.69, 9.17) is 0 Å². The van der Waals surface area contributed by atoms with Crippen molar-refractivity contribution in [2.24, 2.45) is 0 Å². The minimum absolute atomic E-state index is 0.270. The van der Waals surface area contributed by atoms with Gasteiger partial charge < -0.3 is 15.5 Å². The van der Waals surface area contributed by atoms with Crippen molar-refractivity contribution in [3.05, 3.63) is 72.4 Å². The highest BCUT2D eigenvalue weighted by Gasteiger charge is 2.08. The lowest BCUT2D eigenvalue weighted by Gasteiger charge is -2.21. The standard InChI is InChI=1S/C21H24N6O/c1-3-27(4-2)18-9-7-17(8-10-18)26-20-15-23-19(14-24-20)21(28)25-13-16-6-5-11-22-12-16/h5-12,14-15H,3-4,13H2,1-2H3,(H,24,26)(H,25,28). The smallest absolute Gasteiger partial charge is 0.271 e. The van der Waals surface area contributed by atoms with Gasteiger partial charge in [-0.1, -0.05) is 6.07 Å². The maximum atomic E-state index is 12.2. The van der Waals surface area contributed by atoms with Gasteiger partial charge in [0.2, 0.25) is 0 Å². The minimum Gasteiger partial charge on any atom is -0.372 e. The molecule has 0 aliphatic rings. The van der Waals surface area contributed by atoms with E-state index in [1.54, 1.807) is 18.6 Å². The molecule has 3 aromatic rings. The van der Waals surface area contributed by atoms with Crippen molar-refractivity contribution in [3.8, 4) is 0 Å². The first kappa shape index (κ1) is 19.3. The topological polar surface area (TPSA) is 83.0 Å². The second-order valence-electron chi connectivity index (χ2n) is 6.17. The lowest BCUT2D eigenvalue weighted by atomic mass is 10.2. The van der Waals surface area contributed by atoms with E-state index < -0.39 is 0 Å².